The van der Waals surface area contributed by atoms with E-state index in [1.54, 1.807) is 22.8 Å². The minimum absolute atomic E-state index is 0.107. The van der Waals surface area contributed by atoms with Crippen molar-refractivity contribution in [1.29, 1.82) is 0 Å². The van der Waals surface area contributed by atoms with E-state index in [0.717, 1.165) is 24.8 Å². The van der Waals surface area contributed by atoms with Crippen molar-refractivity contribution in [3.63, 3.8) is 0 Å². The molecule has 0 atom stereocenters. The standard InChI is InChI=1S/C14H24N4O3/c1-17(10-12-9-16-18(2)11-12)14(21)15-8-6-4-3-5-7-13(19)20/h9,11H,3-8,10H2,1-2H3,(H,15,21)(H,19,20). The van der Waals surface area contributed by atoms with E-state index in [4.69, 9.17) is 5.11 Å². The van der Waals surface area contributed by atoms with E-state index in [2.05, 4.69) is 10.4 Å². The Morgan fingerprint density at radius 3 is 2.67 bits per heavy atom. The Morgan fingerprint density at radius 2 is 2.05 bits per heavy atom. The number of amides is 2. The predicted molar refractivity (Wildman–Crippen MR) is 78.8 cm³/mol. The maximum Gasteiger partial charge on any atom is 0.317 e. The zero-order chi connectivity index (χ0) is 15.7. The second-order valence-corrected chi connectivity index (χ2v) is 5.17. The normalized spacial score (nSPS) is 10.4. The third-order valence-corrected chi connectivity index (χ3v) is 3.12. The first-order valence-corrected chi connectivity index (χ1v) is 7.17. The molecule has 7 nitrogen and oxygen atoms in total. The summed E-state index contributed by atoms with van der Waals surface area (Å²) in [4.78, 5) is 23.8. The minimum atomic E-state index is -0.750. The van der Waals surface area contributed by atoms with Crippen LogP contribution in [0.3, 0.4) is 0 Å². The van der Waals surface area contributed by atoms with Gasteiger partial charge in [-0.1, -0.05) is 12.8 Å². The molecule has 0 aliphatic carbocycles. The summed E-state index contributed by atoms with van der Waals surface area (Å²) in [6.45, 7) is 1.14. The molecule has 21 heavy (non-hydrogen) atoms. The number of aromatic nitrogens is 2. The quantitative estimate of drug-likeness (QED) is 0.677. The number of aryl methyl sites for hydroxylation is 1. The largest absolute Gasteiger partial charge is 0.481 e. The maximum absolute atomic E-state index is 11.8. The molecule has 1 aromatic rings. The van der Waals surface area contributed by atoms with Crippen LogP contribution in [0.4, 0.5) is 4.79 Å². The van der Waals surface area contributed by atoms with Gasteiger partial charge < -0.3 is 15.3 Å². The van der Waals surface area contributed by atoms with Gasteiger partial charge in [-0.05, 0) is 12.8 Å². The lowest BCUT2D eigenvalue weighted by molar-refractivity contribution is -0.137. The summed E-state index contributed by atoms with van der Waals surface area (Å²) in [7, 11) is 3.59. The van der Waals surface area contributed by atoms with Crippen LogP contribution >= 0.6 is 0 Å². The summed E-state index contributed by atoms with van der Waals surface area (Å²) in [5, 5.41) is 15.4. The van der Waals surface area contributed by atoms with Crippen molar-refractivity contribution in [2.75, 3.05) is 13.6 Å². The molecule has 0 bridgehead atoms. The Balaban J connectivity index is 2.08. The number of urea groups is 1. The minimum Gasteiger partial charge on any atom is -0.481 e. The zero-order valence-corrected chi connectivity index (χ0v) is 12.7. The summed E-state index contributed by atoms with van der Waals surface area (Å²) < 4.78 is 1.71. The maximum atomic E-state index is 11.8. The summed E-state index contributed by atoms with van der Waals surface area (Å²) in [6, 6.07) is -0.107. The smallest absolute Gasteiger partial charge is 0.317 e. The highest BCUT2D eigenvalue weighted by atomic mass is 16.4. The van der Waals surface area contributed by atoms with E-state index in [-0.39, 0.29) is 12.5 Å². The zero-order valence-electron chi connectivity index (χ0n) is 12.7. The van der Waals surface area contributed by atoms with Gasteiger partial charge in [0.05, 0.1) is 12.7 Å². The molecule has 2 N–H and O–H groups in total. The molecule has 0 aliphatic rings. The van der Waals surface area contributed by atoms with Gasteiger partial charge in [-0.15, -0.1) is 0 Å². The molecule has 0 unspecified atom stereocenters. The molecule has 1 rings (SSSR count). The first-order chi connectivity index (χ1) is 9.99. The van der Waals surface area contributed by atoms with Gasteiger partial charge in [0, 0.05) is 38.8 Å². The van der Waals surface area contributed by atoms with Crippen LogP contribution in [0.2, 0.25) is 0 Å². The van der Waals surface area contributed by atoms with E-state index >= 15 is 0 Å². The molecule has 1 aromatic heterocycles. The van der Waals surface area contributed by atoms with Crippen molar-refractivity contribution >= 4 is 12.0 Å². The van der Waals surface area contributed by atoms with Crippen LogP contribution in [0.5, 0.6) is 0 Å². The topological polar surface area (TPSA) is 87.5 Å². The third-order valence-electron chi connectivity index (χ3n) is 3.12. The Hall–Kier alpha value is -2.05. The number of carbonyl (C=O) groups is 2. The van der Waals surface area contributed by atoms with Crippen molar-refractivity contribution in [1.82, 2.24) is 20.0 Å². The third kappa shape index (κ3) is 7.34. The number of unbranched alkanes of at least 4 members (excludes halogenated alkanes) is 3. The first kappa shape index (κ1) is 17.0. The number of nitrogens with zero attached hydrogens (tertiary/aromatic N) is 3. The molecular weight excluding hydrogens is 272 g/mol. The molecule has 0 fully saturated rings. The monoisotopic (exact) mass is 296 g/mol. The predicted octanol–water partition coefficient (Wildman–Crippen LogP) is 1.60. The summed E-state index contributed by atoms with van der Waals surface area (Å²) in [5.74, 6) is -0.750. The second kappa shape index (κ2) is 8.99. The van der Waals surface area contributed by atoms with Crippen molar-refractivity contribution in [2.24, 2.45) is 7.05 Å². The fourth-order valence-corrected chi connectivity index (χ4v) is 1.98. The molecule has 1 heterocycles. The average Bonchev–Trinajstić information content (AvgIpc) is 2.82. The average molecular weight is 296 g/mol. The highest BCUT2D eigenvalue weighted by Gasteiger charge is 2.09. The van der Waals surface area contributed by atoms with Crippen LogP contribution in [-0.4, -0.2) is 45.4 Å². The molecule has 0 aromatic carbocycles. The van der Waals surface area contributed by atoms with Crippen LogP contribution in [0.15, 0.2) is 12.4 Å². The Labute approximate surface area is 124 Å². The molecule has 2 amide bonds. The van der Waals surface area contributed by atoms with Gasteiger partial charge in [0.25, 0.3) is 0 Å². The molecule has 0 radical (unpaired) electrons. The fourth-order valence-electron chi connectivity index (χ4n) is 1.98. The molecule has 0 aliphatic heterocycles. The number of rotatable bonds is 9. The van der Waals surface area contributed by atoms with Gasteiger partial charge in [0.15, 0.2) is 0 Å². The highest BCUT2D eigenvalue weighted by Crippen LogP contribution is 2.03. The summed E-state index contributed by atoms with van der Waals surface area (Å²) >= 11 is 0. The van der Waals surface area contributed by atoms with E-state index in [1.165, 1.54) is 0 Å². The number of carboxylic acids is 1. The number of hydrogen-bond donors (Lipinski definition) is 2. The van der Waals surface area contributed by atoms with Gasteiger partial charge in [0.1, 0.15) is 0 Å². The Bertz CT molecular complexity index is 459. The van der Waals surface area contributed by atoms with Gasteiger partial charge in [0.2, 0.25) is 0 Å². The molecule has 0 spiro atoms. The lowest BCUT2D eigenvalue weighted by Gasteiger charge is -2.17. The van der Waals surface area contributed by atoms with Crippen molar-refractivity contribution < 1.29 is 14.7 Å². The molecule has 118 valence electrons. The summed E-state index contributed by atoms with van der Waals surface area (Å²) in [5.41, 5.74) is 0.990. The number of nitrogens with one attached hydrogen (secondary N) is 1. The Kier molecular flexibility index (Phi) is 7.28. The van der Waals surface area contributed by atoms with Crippen molar-refractivity contribution in [3.05, 3.63) is 18.0 Å². The molecule has 0 saturated heterocycles. The molecule has 0 saturated carbocycles. The van der Waals surface area contributed by atoms with Gasteiger partial charge >= 0.3 is 12.0 Å². The van der Waals surface area contributed by atoms with E-state index < -0.39 is 5.97 Å². The van der Waals surface area contributed by atoms with Crippen LogP contribution in [0, 0.1) is 0 Å². The second-order valence-electron chi connectivity index (χ2n) is 5.17. The van der Waals surface area contributed by atoms with Crippen molar-refractivity contribution in [3.8, 4) is 0 Å². The number of aliphatic carboxylic acids is 1. The van der Waals surface area contributed by atoms with Crippen LogP contribution in [0.25, 0.3) is 0 Å². The lowest BCUT2D eigenvalue weighted by atomic mass is 10.1. The van der Waals surface area contributed by atoms with Gasteiger partial charge in [-0.2, -0.15) is 5.10 Å². The van der Waals surface area contributed by atoms with Gasteiger partial charge in [-0.25, -0.2) is 4.79 Å². The highest BCUT2D eigenvalue weighted by molar-refractivity contribution is 5.73. The molecule has 7 heteroatoms. The first-order valence-electron chi connectivity index (χ1n) is 7.17. The fraction of sp³-hybridized carbons (Fsp3) is 0.643. The van der Waals surface area contributed by atoms with E-state index in [1.807, 2.05) is 13.2 Å². The SMILES string of the molecule is CN(Cc1cnn(C)c1)C(=O)NCCCCCCC(=O)O. The Morgan fingerprint density at radius 1 is 1.33 bits per heavy atom. The van der Waals surface area contributed by atoms with E-state index in [9.17, 15) is 9.59 Å². The van der Waals surface area contributed by atoms with Crippen LogP contribution in [-0.2, 0) is 18.4 Å². The number of carbonyl (C=O) groups excluding carboxylic acids is 1. The number of carboxylic acid groups (broad SMARTS) is 1. The van der Waals surface area contributed by atoms with E-state index in [0.29, 0.717) is 19.5 Å². The van der Waals surface area contributed by atoms with Crippen LogP contribution in [0.1, 0.15) is 37.7 Å². The number of hydrogen-bond acceptors (Lipinski definition) is 3. The molecular formula is C14H24N4O3. The van der Waals surface area contributed by atoms with Gasteiger partial charge in [-0.3, -0.25) is 9.48 Å². The summed E-state index contributed by atoms with van der Waals surface area (Å²) in [6.07, 6.45) is 7.22. The van der Waals surface area contributed by atoms with Crippen molar-refractivity contribution in [2.45, 2.75) is 38.6 Å². The lowest BCUT2D eigenvalue weighted by Crippen LogP contribution is -2.37. The van der Waals surface area contributed by atoms with Crippen LogP contribution < -0.4 is 5.32 Å².